The molecule has 0 radical (unpaired) electrons. The highest BCUT2D eigenvalue weighted by Gasteiger charge is 2.27. The third-order valence-electron chi connectivity index (χ3n) is 4.55. The number of hydrogen-bond acceptors (Lipinski definition) is 3. The third-order valence-corrected chi connectivity index (χ3v) is 5.29. The van der Waals surface area contributed by atoms with Crippen LogP contribution >= 0.6 is 23.2 Å². The summed E-state index contributed by atoms with van der Waals surface area (Å²) >= 11 is 11.9. The van der Waals surface area contributed by atoms with Crippen molar-refractivity contribution in [2.24, 2.45) is 4.99 Å². The summed E-state index contributed by atoms with van der Waals surface area (Å²) < 4.78 is 39.3. The van der Waals surface area contributed by atoms with Crippen LogP contribution in [0.25, 0.3) is 0 Å². The normalized spacial score (nSPS) is 15.8. The van der Waals surface area contributed by atoms with E-state index in [1.807, 2.05) is 19.1 Å². The lowest BCUT2D eigenvalue weighted by molar-refractivity contribution is 0.317. The molecule has 3 aromatic rings. The molecule has 0 spiro atoms. The molecule has 148 valence electrons. The average molecular weight is 434 g/mol. The van der Waals surface area contributed by atoms with Gasteiger partial charge in [0.1, 0.15) is 41.3 Å². The van der Waals surface area contributed by atoms with Crippen molar-refractivity contribution in [1.82, 2.24) is 0 Å². The second kappa shape index (κ2) is 8.01. The van der Waals surface area contributed by atoms with Crippen LogP contribution in [0.2, 0.25) is 10.0 Å². The van der Waals surface area contributed by atoms with Crippen LogP contribution in [0.15, 0.2) is 59.6 Å². The Morgan fingerprint density at radius 3 is 2.34 bits per heavy atom. The molecule has 3 aromatic carbocycles. The highest BCUT2D eigenvalue weighted by atomic mass is 35.5. The first-order valence-corrected chi connectivity index (χ1v) is 9.56. The smallest absolute Gasteiger partial charge is 0.222 e. The van der Waals surface area contributed by atoms with Gasteiger partial charge in [-0.2, -0.15) is 0 Å². The van der Waals surface area contributed by atoms with Gasteiger partial charge in [-0.25, -0.2) is 13.8 Å². The number of aryl methyl sites for hydroxylation is 1. The summed E-state index contributed by atoms with van der Waals surface area (Å²) in [6.45, 7) is 2.12. The molecular formula is C22H15Cl2F2NO2. The number of rotatable bonds is 4. The van der Waals surface area contributed by atoms with Gasteiger partial charge in [-0.1, -0.05) is 35.3 Å². The van der Waals surface area contributed by atoms with Crippen LogP contribution < -0.4 is 4.74 Å². The number of aliphatic imine (C=N–C) groups is 1. The standard InChI is InChI=1S/C22H15Cl2F2NO2/c1-12-9-13(29-14-6-8-16(23)17(24)10-14)5-7-15(12)20-11-28-22(27-20)21-18(25)3-2-4-19(21)26/h2-10,20H,11H2,1H3. The molecule has 0 saturated heterocycles. The number of nitrogens with zero attached hydrogens (tertiary/aromatic N) is 1. The van der Waals surface area contributed by atoms with E-state index in [4.69, 9.17) is 32.7 Å². The molecule has 0 amide bonds. The minimum Gasteiger partial charge on any atom is -0.475 e. The summed E-state index contributed by atoms with van der Waals surface area (Å²) in [4.78, 5) is 4.39. The number of hydrogen-bond donors (Lipinski definition) is 0. The first-order valence-electron chi connectivity index (χ1n) is 8.81. The zero-order valence-corrected chi connectivity index (χ0v) is 16.8. The van der Waals surface area contributed by atoms with Crippen LogP contribution in [0.1, 0.15) is 22.7 Å². The van der Waals surface area contributed by atoms with Crippen molar-refractivity contribution < 1.29 is 18.3 Å². The molecule has 7 heteroatoms. The second-order valence-corrected chi connectivity index (χ2v) is 7.37. The first-order chi connectivity index (χ1) is 13.9. The summed E-state index contributed by atoms with van der Waals surface area (Å²) in [7, 11) is 0. The molecule has 0 aromatic heterocycles. The van der Waals surface area contributed by atoms with Gasteiger partial charge in [0.2, 0.25) is 5.90 Å². The van der Waals surface area contributed by atoms with Gasteiger partial charge in [0.15, 0.2) is 0 Å². The Bertz CT molecular complexity index is 1100. The molecule has 0 saturated carbocycles. The molecule has 0 bridgehead atoms. The average Bonchev–Trinajstić information content (AvgIpc) is 3.14. The van der Waals surface area contributed by atoms with Gasteiger partial charge < -0.3 is 9.47 Å². The second-order valence-electron chi connectivity index (χ2n) is 6.55. The molecule has 3 nitrogen and oxygen atoms in total. The van der Waals surface area contributed by atoms with Gasteiger partial charge in [0.05, 0.1) is 10.0 Å². The van der Waals surface area contributed by atoms with Crippen LogP contribution in [-0.2, 0) is 4.74 Å². The van der Waals surface area contributed by atoms with Crippen LogP contribution in [0.4, 0.5) is 8.78 Å². The molecule has 0 N–H and O–H groups in total. The minimum absolute atomic E-state index is 0.0267. The SMILES string of the molecule is Cc1cc(Oc2ccc(Cl)c(Cl)c2)ccc1C1COC(c2c(F)cccc2F)=N1. The first kappa shape index (κ1) is 19.7. The largest absolute Gasteiger partial charge is 0.475 e. The third kappa shape index (κ3) is 4.07. The maximum atomic E-state index is 14.0. The van der Waals surface area contributed by atoms with Crippen LogP contribution in [0.3, 0.4) is 0 Å². The van der Waals surface area contributed by atoms with E-state index < -0.39 is 11.6 Å². The molecule has 1 atom stereocenters. The molecule has 1 aliphatic heterocycles. The van der Waals surface area contributed by atoms with Gasteiger partial charge in [0, 0.05) is 6.07 Å². The van der Waals surface area contributed by atoms with Crippen molar-refractivity contribution in [3.8, 4) is 11.5 Å². The maximum absolute atomic E-state index is 14.0. The number of halogens is 4. The van der Waals surface area contributed by atoms with E-state index in [9.17, 15) is 8.78 Å². The summed E-state index contributed by atoms with van der Waals surface area (Å²) in [6, 6.07) is 13.8. The quantitative estimate of drug-likeness (QED) is 0.448. The van der Waals surface area contributed by atoms with Crippen molar-refractivity contribution in [3.63, 3.8) is 0 Å². The zero-order chi connectivity index (χ0) is 20.5. The van der Waals surface area contributed by atoms with Crippen molar-refractivity contribution in [2.75, 3.05) is 6.61 Å². The van der Waals surface area contributed by atoms with E-state index in [0.29, 0.717) is 21.5 Å². The molecule has 1 unspecified atom stereocenters. The molecule has 0 aliphatic carbocycles. The molecule has 0 fully saturated rings. The van der Waals surface area contributed by atoms with Crippen molar-refractivity contribution >= 4 is 29.1 Å². The zero-order valence-electron chi connectivity index (χ0n) is 15.3. The van der Waals surface area contributed by atoms with Gasteiger partial charge in [-0.3, -0.25) is 0 Å². The fraction of sp³-hybridized carbons (Fsp3) is 0.136. The summed E-state index contributed by atoms with van der Waals surface area (Å²) in [5, 5.41) is 0.856. The Labute approximate surface area is 176 Å². The van der Waals surface area contributed by atoms with Gasteiger partial charge >= 0.3 is 0 Å². The lowest BCUT2D eigenvalue weighted by Gasteiger charge is -2.12. The van der Waals surface area contributed by atoms with E-state index in [1.54, 1.807) is 24.3 Å². The Kier molecular flexibility index (Phi) is 5.43. The molecule has 1 aliphatic rings. The Morgan fingerprint density at radius 1 is 0.966 bits per heavy atom. The van der Waals surface area contributed by atoms with E-state index in [1.165, 1.54) is 18.2 Å². The maximum Gasteiger partial charge on any atom is 0.222 e. The molecule has 1 heterocycles. The van der Waals surface area contributed by atoms with Crippen molar-refractivity contribution in [2.45, 2.75) is 13.0 Å². The van der Waals surface area contributed by atoms with Crippen molar-refractivity contribution in [3.05, 3.63) is 93.0 Å². The topological polar surface area (TPSA) is 30.8 Å². The Balaban J connectivity index is 1.57. The lowest BCUT2D eigenvalue weighted by Crippen LogP contribution is -2.07. The Morgan fingerprint density at radius 2 is 1.66 bits per heavy atom. The summed E-state index contributed by atoms with van der Waals surface area (Å²) in [5.74, 6) is -0.252. The number of ether oxygens (including phenoxy) is 2. The fourth-order valence-corrected chi connectivity index (χ4v) is 3.42. The van der Waals surface area contributed by atoms with Crippen LogP contribution in [0.5, 0.6) is 11.5 Å². The minimum atomic E-state index is -0.702. The highest BCUT2D eigenvalue weighted by molar-refractivity contribution is 6.42. The molecule has 4 rings (SSSR count). The van der Waals surface area contributed by atoms with Crippen molar-refractivity contribution in [1.29, 1.82) is 0 Å². The lowest BCUT2D eigenvalue weighted by atomic mass is 10.0. The summed E-state index contributed by atoms with van der Waals surface area (Å²) in [5.41, 5.74) is 1.56. The van der Waals surface area contributed by atoms with Gasteiger partial charge in [-0.05, 0) is 54.4 Å². The molecule has 29 heavy (non-hydrogen) atoms. The Hall–Kier alpha value is -2.63. The van der Waals surface area contributed by atoms with E-state index in [-0.39, 0.29) is 24.1 Å². The van der Waals surface area contributed by atoms with Gasteiger partial charge in [-0.15, -0.1) is 0 Å². The van der Waals surface area contributed by atoms with E-state index in [2.05, 4.69) is 4.99 Å². The predicted octanol–water partition coefficient (Wildman–Crippen LogP) is 6.89. The summed E-state index contributed by atoms with van der Waals surface area (Å²) in [6.07, 6.45) is 0. The molecular weight excluding hydrogens is 419 g/mol. The fourth-order valence-electron chi connectivity index (χ4n) is 3.13. The monoisotopic (exact) mass is 433 g/mol. The van der Waals surface area contributed by atoms with Gasteiger partial charge in [0.25, 0.3) is 0 Å². The van der Waals surface area contributed by atoms with Crippen LogP contribution in [0, 0.1) is 18.6 Å². The number of benzene rings is 3. The van der Waals surface area contributed by atoms with E-state index >= 15 is 0 Å². The highest BCUT2D eigenvalue weighted by Crippen LogP contribution is 2.33. The van der Waals surface area contributed by atoms with Crippen LogP contribution in [-0.4, -0.2) is 12.5 Å². The van der Waals surface area contributed by atoms with E-state index in [0.717, 1.165) is 11.1 Å². The predicted molar refractivity (Wildman–Crippen MR) is 109 cm³/mol.